The number of imidazole rings is 1. The van der Waals surface area contributed by atoms with Crippen molar-refractivity contribution < 1.29 is 4.39 Å². The number of aryl methyl sites for hydroxylation is 1. The maximum absolute atomic E-state index is 13.7. The molecule has 3 rings (SSSR count). The molecule has 0 spiro atoms. The summed E-state index contributed by atoms with van der Waals surface area (Å²) < 4.78 is 16.2. The third-order valence-electron chi connectivity index (χ3n) is 3.32. The normalized spacial score (nSPS) is 11.1. The van der Waals surface area contributed by atoms with Crippen LogP contribution in [0.3, 0.4) is 0 Å². The average molecular weight is 272 g/mol. The van der Waals surface area contributed by atoms with Crippen molar-refractivity contribution in [2.75, 3.05) is 0 Å². The molecule has 2 aromatic carbocycles. The van der Waals surface area contributed by atoms with Crippen molar-refractivity contribution in [3.63, 3.8) is 0 Å². The number of hydrogen-bond donors (Lipinski definition) is 1. The Morgan fingerprint density at radius 2 is 1.95 bits per heavy atom. The molecule has 0 bridgehead atoms. The summed E-state index contributed by atoms with van der Waals surface area (Å²) in [6.45, 7) is 3.79. The smallest absolute Gasteiger partial charge is 0.182 e. The molecule has 0 unspecified atom stereocenters. The van der Waals surface area contributed by atoms with Gasteiger partial charge < -0.3 is 4.98 Å². The summed E-state index contributed by atoms with van der Waals surface area (Å²) in [4.78, 5) is 3.15. The number of halogens is 1. The molecule has 1 N–H and O–H groups in total. The second-order valence-corrected chi connectivity index (χ2v) is 5.06. The third-order valence-corrected chi connectivity index (χ3v) is 3.60. The highest BCUT2D eigenvalue weighted by Gasteiger charge is 2.10. The van der Waals surface area contributed by atoms with E-state index in [1.807, 2.05) is 35.8 Å². The second kappa shape index (κ2) is 4.31. The van der Waals surface area contributed by atoms with Gasteiger partial charge in [-0.25, -0.2) is 4.39 Å². The molecule has 2 nitrogen and oxygen atoms in total. The summed E-state index contributed by atoms with van der Waals surface area (Å²) in [7, 11) is 0. The quantitative estimate of drug-likeness (QED) is 0.649. The SMILES string of the molecule is Cc1ccc2[nH]c(=S)n(-c3cccc(F)c3C)c2c1. The van der Waals surface area contributed by atoms with E-state index in [1.54, 1.807) is 13.0 Å². The fraction of sp³-hybridized carbons (Fsp3) is 0.133. The molecule has 0 aliphatic heterocycles. The molecule has 0 atom stereocenters. The van der Waals surface area contributed by atoms with E-state index in [9.17, 15) is 4.39 Å². The number of nitrogens with one attached hydrogen (secondary N) is 1. The second-order valence-electron chi connectivity index (χ2n) is 4.67. The van der Waals surface area contributed by atoms with E-state index < -0.39 is 0 Å². The van der Waals surface area contributed by atoms with Gasteiger partial charge in [0.1, 0.15) is 5.82 Å². The van der Waals surface area contributed by atoms with Gasteiger partial charge in [-0.1, -0.05) is 12.1 Å². The molecule has 0 fully saturated rings. The van der Waals surface area contributed by atoms with Crippen LogP contribution in [0.4, 0.5) is 4.39 Å². The molecule has 19 heavy (non-hydrogen) atoms. The van der Waals surface area contributed by atoms with E-state index in [0.29, 0.717) is 10.3 Å². The molecule has 0 amide bonds. The highest BCUT2D eigenvalue weighted by molar-refractivity contribution is 7.71. The third kappa shape index (κ3) is 1.88. The standard InChI is InChI=1S/C15H13FN2S/c1-9-6-7-12-14(8-9)18(15(19)17-12)13-5-3-4-11(16)10(13)2/h3-8H,1-2H3,(H,17,19). The lowest BCUT2D eigenvalue weighted by atomic mass is 10.1. The van der Waals surface area contributed by atoms with Crippen LogP contribution in [0.15, 0.2) is 36.4 Å². The van der Waals surface area contributed by atoms with Gasteiger partial charge in [-0.2, -0.15) is 0 Å². The maximum atomic E-state index is 13.7. The van der Waals surface area contributed by atoms with Gasteiger partial charge in [-0.05, 0) is 55.9 Å². The number of rotatable bonds is 1. The lowest BCUT2D eigenvalue weighted by Gasteiger charge is -2.09. The zero-order valence-electron chi connectivity index (χ0n) is 10.7. The summed E-state index contributed by atoms with van der Waals surface area (Å²) in [5.74, 6) is -0.221. The van der Waals surface area contributed by atoms with Crippen molar-refractivity contribution in [3.05, 3.63) is 58.1 Å². The largest absolute Gasteiger partial charge is 0.330 e. The van der Waals surface area contributed by atoms with Crippen LogP contribution in [0.2, 0.25) is 0 Å². The van der Waals surface area contributed by atoms with Crippen molar-refractivity contribution in [2.24, 2.45) is 0 Å². The number of H-pyrrole nitrogens is 1. The minimum absolute atomic E-state index is 0.221. The molecule has 4 heteroatoms. The zero-order valence-corrected chi connectivity index (χ0v) is 11.5. The molecule has 3 aromatic rings. The van der Waals surface area contributed by atoms with E-state index in [2.05, 4.69) is 4.98 Å². The Kier molecular flexibility index (Phi) is 2.75. The van der Waals surface area contributed by atoms with E-state index in [-0.39, 0.29) is 5.82 Å². The lowest BCUT2D eigenvalue weighted by molar-refractivity contribution is 0.617. The Balaban J connectivity index is 2.42. The van der Waals surface area contributed by atoms with Crippen LogP contribution in [0, 0.1) is 24.4 Å². The number of aromatic amines is 1. The molecule has 0 aliphatic rings. The molecule has 1 heterocycles. The predicted molar refractivity (Wildman–Crippen MR) is 77.9 cm³/mol. The maximum Gasteiger partial charge on any atom is 0.182 e. The Morgan fingerprint density at radius 1 is 1.16 bits per heavy atom. The van der Waals surface area contributed by atoms with Gasteiger partial charge in [0.2, 0.25) is 0 Å². The van der Waals surface area contributed by atoms with Gasteiger partial charge in [-0.15, -0.1) is 0 Å². The first-order chi connectivity index (χ1) is 9.08. The van der Waals surface area contributed by atoms with E-state index in [1.165, 1.54) is 6.07 Å². The van der Waals surface area contributed by atoms with Gasteiger partial charge in [0.05, 0.1) is 16.7 Å². The Morgan fingerprint density at radius 3 is 2.74 bits per heavy atom. The Labute approximate surface area is 115 Å². The van der Waals surface area contributed by atoms with Crippen LogP contribution < -0.4 is 0 Å². The van der Waals surface area contributed by atoms with Gasteiger partial charge in [0.15, 0.2) is 4.77 Å². The topological polar surface area (TPSA) is 20.7 Å². The Hall–Kier alpha value is -1.94. The Bertz CT molecular complexity index is 830. The van der Waals surface area contributed by atoms with Crippen LogP contribution in [0.25, 0.3) is 16.7 Å². The summed E-state index contributed by atoms with van der Waals surface area (Å²) in [6, 6.07) is 11.1. The monoisotopic (exact) mass is 272 g/mol. The molecule has 96 valence electrons. The first-order valence-corrected chi connectivity index (χ1v) is 6.45. The lowest BCUT2D eigenvalue weighted by Crippen LogP contribution is -1.99. The summed E-state index contributed by atoms with van der Waals surface area (Å²) in [5.41, 5.74) is 4.45. The number of fused-ring (bicyclic) bond motifs is 1. The van der Waals surface area contributed by atoms with Crippen LogP contribution in [-0.2, 0) is 0 Å². The van der Waals surface area contributed by atoms with Crippen LogP contribution in [0.5, 0.6) is 0 Å². The van der Waals surface area contributed by atoms with Crippen LogP contribution in [0.1, 0.15) is 11.1 Å². The molecule has 0 radical (unpaired) electrons. The minimum Gasteiger partial charge on any atom is -0.330 e. The summed E-state index contributed by atoms with van der Waals surface area (Å²) >= 11 is 5.37. The first kappa shape index (κ1) is 12.1. The predicted octanol–water partition coefficient (Wildman–Crippen LogP) is 4.44. The molecule has 1 aromatic heterocycles. The number of hydrogen-bond acceptors (Lipinski definition) is 1. The van der Waals surface area contributed by atoms with Crippen molar-refractivity contribution in [2.45, 2.75) is 13.8 Å². The van der Waals surface area contributed by atoms with Crippen molar-refractivity contribution in [3.8, 4) is 5.69 Å². The molecule has 0 aliphatic carbocycles. The molecular formula is C15H13FN2S. The number of nitrogens with zero attached hydrogens (tertiary/aromatic N) is 1. The summed E-state index contributed by atoms with van der Waals surface area (Å²) in [5, 5.41) is 0. The van der Waals surface area contributed by atoms with Crippen molar-refractivity contribution >= 4 is 23.3 Å². The molecular weight excluding hydrogens is 259 g/mol. The van der Waals surface area contributed by atoms with E-state index in [0.717, 1.165) is 22.3 Å². The summed E-state index contributed by atoms with van der Waals surface area (Å²) in [6.07, 6.45) is 0. The van der Waals surface area contributed by atoms with Gasteiger partial charge in [0, 0.05) is 5.56 Å². The van der Waals surface area contributed by atoms with Gasteiger partial charge in [-0.3, -0.25) is 4.57 Å². The zero-order chi connectivity index (χ0) is 13.6. The minimum atomic E-state index is -0.221. The highest BCUT2D eigenvalue weighted by atomic mass is 32.1. The van der Waals surface area contributed by atoms with Crippen LogP contribution >= 0.6 is 12.2 Å². The molecule has 0 saturated carbocycles. The fourth-order valence-electron chi connectivity index (χ4n) is 2.29. The van der Waals surface area contributed by atoms with E-state index >= 15 is 0 Å². The van der Waals surface area contributed by atoms with Crippen molar-refractivity contribution in [1.82, 2.24) is 9.55 Å². The first-order valence-electron chi connectivity index (χ1n) is 6.05. The van der Waals surface area contributed by atoms with E-state index in [4.69, 9.17) is 12.2 Å². The fourth-order valence-corrected chi connectivity index (χ4v) is 2.60. The van der Waals surface area contributed by atoms with Gasteiger partial charge >= 0.3 is 0 Å². The average Bonchev–Trinajstić information content (AvgIpc) is 2.69. The van der Waals surface area contributed by atoms with Crippen LogP contribution in [-0.4, -0.2) is 9.55 Å². The number of benzene rings is 2. The highest BCUT2D eigenvalue weighted by Crippen LogP contribution is 2.24. The van der Waals surface area contributed by atoms with Gasteiger partial charge in [0.25, 0.3) is 0 Å². The molecule has 0 saturated heterocycles. The number of aromatic nitrogens is 2. The van der Waals surface area contributed by atoms with Crippen molar-refractivity contribution in [1.29, 1.82) is 0 Å².